The van der Waals surface area contributed by atoms with Crippen LogP contribution in [0.3, 0.4) is 0 Å². The number of aryl methyl sites for hydroxylation is 1. The number of phenols is 1. The fourth-order valence-electron chi connectivity index (χ4n) is 4.82. The summed E-state index contributed by atoms with van der Waals surface area (Å²) in [4.78, 5) is 14.9. The molecule has 6 rings (SSSR count). The summed E-state index contributed by atoms with van der Waals surface area (Å²) in [6, 6.07) is 18.9. The Hall–Kier alpha value is -5.12. The van der Waals surface area contributed by atoms with Crippen LogP contribution in [0.5, 0.6) is 28.9 Å². The smallest absolute Gasteiger partial charge is 0.228 e. The zero-order valence-corrected chi connectivity index (χ0v) is 22.5. The van der Waals surface area contributed by atoms with Crippen LogP contribution in [0.15, 0.2) is 72.1 Å². The summed E-state index contributed by atoms with van der Waals surface area (Å²) in [5.41, 5.74) is 5.95. The van der Waals surface area contributed by atoms with Crippen molar-refractivity contribution in [1.82, 2.24) is 19.6 Å². The van der Waals surface area contributed by atoms with Gasteiger partial charge in [0.25, 0.3) is 0 Å². The number of aromatic hydroxyl groups is 1. The molecule has 202 valence electrons. The average molecular weight is 538 g/mol. The molecule has 0 saturated heterocycles. The third kappa shape index (κ3) is 4.53. The standard InChI is InChI=1S/C30H27N5O5/c1-17-5-7-19(8-6-17)18(2)34-39-15-26-32-29-28-27(20-9-12-23(37-3)25(13-20)38-4)22-11-10-21(36)14-24(22)40-30(28)31-16-35(29)33-26/h5-14,16,27,36H,15H2,1-4H3/b34-18+/t27-/m1/s1. The topological polar surface area (TPSA) is 113 Å². The van der Waals surface area contributed by atoms with Gasteiger partial charge >= 0.3 is 0 Å². The summed E-state index contributed by atoms with van der Waals surface area (Å²) >= 11 is 0. The highest BCUT2D eigenvalue weighted by Crippen LogP contribution is 2.49. The van der Waals surface area contributed by atoms with Gasteiger partial charge < -0.3 is 24.2 Å². The Kier molecular flexibility index (Phi) is 6.43. The Morgan fingerprint density at radius 3 is 2.60 bits per heavy atom. The molecule has 0 fully saturated rings. The Bertz CT molecular complexity index is 1750. The molecule has 1 aliphatic rings. The van der Waals surface area contributed by atoms with Crippen LogP contribution in [0.2, 0.25) is 0 Å². The molecule has 0 radical (unpaired) electrons. The van der Waals surface area contributed by atoms with Gasteiger partial charge in [-0.05, 0) is 43.2 Å². The van der Waals surface area contributed by atoms with Crippen LogP contribution in [0, 0.1) is 6.92 Å². The van der Waals surface area contributed by atoms with E-state index in [1.807, 2.05) is 62.4 Å². The van der Waals surface area contributed by atoms with Crippen molar-refractivity contribution in [2.45, 2.75) is 26.4 Å². The van der Waals surface area contributed by atoms with E-state index in [4.69, 9.17) is 24.0 Å². The van der Waals surface area contributed by atoms with Crippen molar-refractivity contribution in [1.29, 1.82) is 0 Å². The van der Waals surface area contributed by atoms with Crippen LogP contribution in [0.1, 0.15) is 46.5 Å². The van der Waals surface area contributed by atoms with Crippen LogP contribution >= 0.6 is 0 Å². The third-order valence-corrected chi connectivity index (χ3v) is 6.84. The molecule has 1 N–H and O–H groups in total. The first-order valence-electron chi connectivity index (χ1n) is 12.7. The van der Waals surface area contributed by atoms with Gasteiger partial charge in [0.1, 0.15) is 17.8 Å². The molecule has 0 spiro atoms. The number of nitrogens with zero attached hydrogens (tertiary/aromatic N) is 5. The largest absolute Gasteiger partial charge is 0.508 e. The van der Waals surface area contributed by atoms with Gasteiger partial charge in [0.15, 0.2) is 29.6 Å². The third-order valence-electron chi connectivity index (χ3n) is 6.84. The minimum Gasteiger partial charge on any atom is -0.508 e. The molecular formula is C30H27N5O5. The van der Waals surface area contributed by atoms with E-state index in [2.05, 4.69) is 15.2 Å². The second-order valence-corrected chi connectivity index (χ2v) is 9.45. The first-order valence-corrected chi connectivity index (χ1v) is 12.7. The number of benzene rings is 3. The maximum Gasteiger partial charge on any atom is 0.228 e. The molecule has 0 saturated carbocycles. The lowest BCUT2D eigenvalue weighted by Crippen LogP contribution is -2.15. The van der Waals surface area contributed by atoms with E-state index in [-0.39, 0.29) is 18.3 Å². The summed E-state index contributed by atoms with van der Waals surface area (Å²) in [6.45, 7) is 4.01. The van der Waals surface area contributed by atoms with Gasteiger partial charge in [0.05, 0.1) is 25.5 Å². The second kappa shape index (κ2) is 10.2. The van der Waals surface area contributed by atoms with E-state index in [1.165, 1.54) is 5.56 Å². The van der Waals surface area contributed by atoms with Crippen molar-refractivity contribution in [3.63, 3.8) is 0 Å². The first kappa shape index (κ1) is 25.2. The first-order chi connectivity index (χ1) is 19.4. The second-order valence-electron chi connectivity index (χ2n) is 9.45. The fourth-order valence-corrected chi connectivity index (χ4v) is 4.82. The molecule has 2 aromatic heterocycles. The molecular weight excluding hydrogens is 510 g/mol. The van der Waals surface area contributed by atoms with Crippen LogP contribution in [0.4, 0.5) is 0 Å². The maximum absolute atomic E-state index is 10.1. The van der Waals surface area contributed by atoms with Gasteiger partial charge in [-0.2, -0.15) is 0 Å². The van der Waals surface area contributed by atoms with Crippen LogP contribution < -0.4 is 14.2 Å². The molecule has 10 nitrogen and oxygen atoms in total. The number of hydrogen-bond acceptors (Lipinski definition) is 9. The number of aromatic nitrogens is 4. The summed E-state index contributed by atoms with van der Waals surface area (Å²) in [7, 11) is 3.19. The zero-order valence-electron chi connectivity index (χ0n) is 22.5. The highest BCUT2D eigenvalue weighted by atomic mass is 16.6. The number of methoxy groups -OCH3 is 2. The maximum atomic E-state index is 10.1. The molecule has 5 aromatic rings. The van der Waals surface area contributed by atoms with Gasteiger partial charge in [-0.3, -0.25) is 0 Å². The molecule has 3 aromatic carbocycles. The van der Waals surface area contributed by atoms with Crippen LogP contribution in [-0.2, 0) is 11.4 Å². The zero-order chi connectivity index (χ0) is 27.8. The van der Waals surface area contributed by atoms with Crippen molar-refractivity contribution < 1.29 is 24.2 Å². The highest BCUT2D eigenvalue weighted by molar-refractivity contribution is 5.98. The van der Waals surface area contributed by atoms with E-state index in [1.54, 1.807) is 37.2 Å². The number of phenolic OH excluding ortho intramolecular Hbond substituents is 1. The molecule has 0 amide bonds. The molecule has 1 aliphatic heterocycles. The minimum atomic E-state index is -0.338. The summed E-state index contributed by atoms with van der Waals surface area (Å²) < 4.78 is 18.8. The quantitative estimate of drug-likeness (QED) is 0.213. The lowest BCUT2D eigenvalue weighted by atomic mass is 9.83. The summed E-state index contributed by atoms with van der Waals surface area (Å²) in [6.07, 6.45) is 1.55. The molecule has 0 unspecified atom stereocenters. The summed E-state index contributed by atoms with van der Waals surface area (Å²) in [5.74, 6) is 2.28. The van der Waals surface area contributed by atoms with Crippen molar-refractivity contribution in [2.75, 3.05) is 14.2 Å². The minimum absolute atomic E-state index is 0.0754. The van der Waals surface area contributed by atoms with Crippen LogP contribution in [0.25, 0.3) is 5.65 Å². The van der Waals surface area contributed by atoms with Crippen molar-refractivity contribution >= 4 is 11.4 Å². The number of fused-ring (bicyclic) bond motifs is 4. The predicted octanol–water partition coefficient (Wildman–Crippen LogP) is 5.38. The molecule has 1 atom stereocenters. The van der Waals surface area contributed by atoms with Crippen molar-refractivity contribution in [2.24, 2.45) is 5.16 Å². The normalized spacial score (nSPS) is 14.3. The van der Waals surface area contributed by atoms with E-state index >= 15 is 0 Å². The SMILES string of the molecule is COc1ccc([C@@H]2c3ccc(O)cc3Oc3ncn4nc(CO/N=C(\C)c5ccc(C)cc5)nc4c32)cc1OC. The average Bonchev–Trinajstić information content (AvgIpc) is 3.39. The van der Waals surface area contributed by atoms with Crippen LogP contribution in [-0.4, -0.2) is 44.6 Å². The Morgan fingerprint density at radius 2 is 1.82 bits per heavy atom. The van der Waals surface area contributed by atoms with Crippen molar-refractivity contribution in [3.8, 4) is 28.9 Å². The Morgan fingerprint density at radius 1 is 1.02 bits per heavy atom. The van der Waals surface area contributed by atoms with E-state index in [9.17, 15) is 5.11 Å². The molecule has 10 heteroatoms. The predicted molar refractivity (Wildman–Crippen MR) is 148 cm³/mol. The number of rotatable bonds is 7. The van der Waals surface area contributed by atoms with Gasteiger partial charge in [-0.15, -0.1) is 5.10 Å². The Balaban J connectivity index is 1.39. The highest BCUT2D eigenvalue weighted by Gasteiger charge is 2.34. The van der Waals surface area contributed by atoms with Crippen molar-refractivity contribution in [3.05, 3.63) is 101 Å². The number of ether oxygens (including phenoxy) is 3. The van der Waals surface area contributed by atoms with Gasteiger partial charge in [0.2, 0.25) is 5.88 Å². The molecule has 40 heavy (non-hydrogen) atoms. The fraction of sp³-hybridized carbons (Fsp3) is 0.200. The van der Waals surface area contributed by atoms with E-state index in [0.717, 1.165) is 28.0 Å². The van der Waals surface area contributed by atoms with E-state index in [0.29, 0.717) is 34.6 Å². The van der Waals surface area contributed by atoms with Gasteiger partial charge in [0, 0.05) is 17.5 Å². The number of hydrogen-bond donors (Lipinski definition) is 1. The lowest BCUT2D eigenvalue weighted by molar-refractivity contribution is 0.125. The van der Waals surface area contributed by atoms with Gasteiger partial charge in [-0.1, -0.05) is 47.1 Å². The monoisotopic (exact) mass is 537 g/mol. The lowest BCUT2D eigenvalue weighted by Gasteiger charge is -2.28. The Labute approximate surface area is 230 Å². The summed E-state index contributed by atoms with van der Waals surface area (Å²) in [5, 5.41) is 19.0. The molecule has 3 heterocycles. The molecule has 0 aliphatic carbocycles. The molecule has 0 bridgehead atoms. The number of oxime groups is 1. The van der Waals surface area contributed by atoms with Gasteiger partial charge in [-0.25, -0.2) is 14.5 Å². The van der Waals surface area contributed by atoms with E-state index < -0.39 is 0 Å².